The van der Waals surface area contributed by atoms with Gasteiger partial charge < -0.3 is 9.67 Å². The van der Waals surface area contributed by atoms with Crippen LogP contribution in [0.25, 0.3) is 10.9 Å². The molecule has 0 saturated carbocycles. The third-order valence-corrected chi connectivity index (χ3v) is 4.60. The molecule has 3 rings (SSSR count). The Bertz CT molecular complexity index is 1060. The van der Waals surface area contributed by atoms with Gasteiger partial charge in [-0.1, -0.05) is 17.7 Å². The Morgan fingerprint density at radius 3 is 2.46 bits per heavy atom. The van der Waals surface area contributed by atoms with E-state index < -0.39 is 35.8 Å². The summed E-state index contributed by atoms with van der Waals surface area (Å²) in [5.41, 5.74) is -1.08. The third-order valence-electron chi connectivity index (χ3n) is 4.36. The number of hydrogen-bond donors (Lipinski definition) is 1. The van der Waals surface area contributed by atoms with E-state index in [4.69, 9.17) is 16.7 Å². The number of nitrogens with zero attached hydrogens (tertiary/aromatic N) is 1. The molecule has 0 amide bonds. The van der Waals surface area contributed by atoms with Crippen molar-refractivity contribution in [2.45, 2.75) is 19.1 Å². The molecule has 28 heavy (non-hydrogen) atoms. The minimum atomic E-state index is -4.64. The number of carboxylic acids is 1. The third kappa shape index (κ3) is 3.82. The molecule has 0 spiro atoms. The molecule has 0 bridgehead atoms. The van der Waals surface area contributed by atoms with Crippen LogP contribution in [0.1, 0.15) is 27.2 Å². The first-order chi connectivity index (χ1) is 13.1. The number of carboxylic acid groups (broad SMARTS) is 1. The van der Waals surface area contributed by atoms with E-state index in [-0.39, 0.29) is 29.1 Å². The van der Waals surface area contributed by atoms with Gasteiger partial charge in [-0.3, -0.25) is 0 Å². The van der Waals surface area contributed by atoms with Crippen LogP contribution < -0.4 is 0 Å². The van der Waals surface area contributed by atoms with Gasteiger partial charge in [-0.2, -0.15) is 13.2 Å². The Hall–Kier alpha value is -2.61. The fourth-order valence-corrected chi connectivity index (χ4v) is 3.33. The van der Waals surface area contributed by atoms with Crippen LogP contribution in [-0.4, -0.2) is 22.3 Å². The molecule has 0 aliphatic heterocycles. The quantitative estimate of drug-likeness (QED) is 0.540. The van der Waals surface area contributed by atoms with Gasteiger partial charge in [-0.05, 0) is 35.9 Å². The van der Waals surface area contributed by atoms with Gasteiger partial charge >= 0.3 is 12.1 Å². The van der Waals surface area contributed by atoms with Crippen molar-refractivity contribution in [3.05, 3.63) is 69.6 Å². The lowest BCUT2D eigenvalue weighted by atomic mass is 10.0. The Morgan fingerprint density at radius 2 is 1.86 bits per heavy atom. The lowest BCUT2D eigenvalue weighted by Gasteiger charge is -2.15. The molecule has 1 N–H and O–H groups in total. The van der Waals surface area contributed by atoms with Crippen molar-refractivity contribution in [3.63, 3.8) is 0 Å². The van der Waals surface area contributed by atoms with Crippen molar-refractivity contribution in [1.82, 2.24) is 4.57 Å². The standard InChI is InChI=1S/C19H13ClF5NO2/c20-12-2-1-10(15(8-12)19(23,24)25)5-13-6-11-7-14(18(27)28)16(22)9-17(11)26(13)4-3-21/h1-2,6-9H,3-5H2,(H,27,28). The lowest BCUT2D eigenvalue weighted by Crippen LogP contribution is -2.11. The smallest absolute Gasteiger partial charge is 0.416 e. The van der Waals surface area contributed by atoms with E-state index in [1.54, 1.807) is 0 Å². The zero-order valence-electron chi connectivity index (χ0n) is 14.2. The minimum absolute atomic E-state index is 0.0754. The Balaban J connectivity index is 2.16. The fourth-order valence-electron chi connectivity index (χ4n) is 3.16. The van der Waals surface area contributed by atoms with Gasteiger partial charge in [0.15, 0.2) is 0 Å². The number of aromatic carboxylic acids is 1. The molecular formula is C19H13ClF5NO2. The summed E-state index contributed by atoms with van der Waals surface area (Å²) in [7, 11) is 0. The second kappa shape index (κ2) is 7.43. The number of hydrogen-bond acceptors (Lipinski definition) is 1. The lowest BCUT2D eigenvalue weighted by molar-refractivity contribution is -0.138. The van der Waals surface area contributed by atoms with Crippen LogP contribution >= 0.6 is 11.6 Å². The molecule has 0 fully saturated rings. The highest BCUT2D eigenvalue weighted by Gasteiger charge is 2.33. The van der Waals surface area contributed by atoms with Crippen molar-refractivity contribution < 1.29 is 31.9 Å². The molecule has 0 aliphatic carbocycles. The van der Waals surface area contributed by atoms with Gasteiger partial charge in [0.1, 0.15) is 12.5 Å². The maximum Gasteiger partial charge on any atom is 0.416 e. The summed E-state index contributed by atoms with van der Waals surface area (Å²) in [5, 5.41) is 9.27. The largest absolute Gasteiger partial charge is 0.478 e. The van der Waals surface area contributed by atoms with Crippen LogP contribution in [-0.2, 0) is 19.1 Å². The Morgan fingerprint density at radius 1 is 1.14 bits per heavy atom. The molecule has 9 heteroatoms. The van der Waals surface area contributed by atoms with Crippen LogP contribution in [0, 0.1) is 5.82 Å². The zero-order chi connectivity index (χ0) is 20.6. The second-order valence-corrected chi connectivity index (χ2v) is 6.58. The zero-order valence-corrected chi connectivity index (χ0v) is 14.9. The first-order valence-electron chi connectivity index (χ1n) is 8.08. The molecule has 0 aliphatic rings. The highest BCUT2D eigenvalue weighted by atomic mass is 35.5. The summed E-state index contributed by atoms with van der Waals surface area (Å²) in [4.78, 5) is 11.1. The summed E-state index contributed by atoms with van der Waals surface area (Å²) < 4.78 is 68.4. The number of aromatic nitrogens is 1. The molecular weight excluding hydrogens is 405 g/mol. The van der Waals surface area contributed by atoms with Crippen molar-refractivity contribution in [1.29, 1.82) is 0 Å². The van der Waals surface area contributed by atoms with Crippen LogP contribution in [0.2, 0.25) is 5.02 Å². The van der Waals surface area contributed by atoms with Crippen molar-refractivity contribution in [2.75, 3.05) is 6.67 Å². The van der Waals surface area contributed by atoms with E-state index in [0.717, 1.165) is 18.2 Å². The topological polar surface area (TPSA) is 42.2 Å². The van der Waals surface area contributed by atoms with Crippen LogP contribution in [0.5, 0.6) is 0 Å². The molecule has 3 aromatic rings. The molecule has 0 atom stereocenters. The van der Waals surface area contributed by atoms with E-state index in [1.807, 2.05) is 0 Å². The second-order valence-electron chi connectivity index (χ2n) is 6.15. The van der Waals surface area contributed by atoms with Gasteiger partial charge in [0.25, 0.3) is 0 Å². The Kier molecular flexibility index (Phi) is 5.34. The van der Waals surface area contributed by atoms with Gasteiger partial charge in [-0.15, -0.1) is 0 Å². The highest BCUT2D eigenvalue weighted by Crippen LogP contribution is 2.35. The normalized spacial score (nSPS) is 11.9. The highest BCUT2D eigenvalue weighted by molar-refractivity contribution is 6.30. The number of aryl methyl sites for hydroxylation is 1. The number of benzene rings is 2. The summed E-state index contributed by atoms with van der Waals surface area (Å²) in [6, 6.07) is 6.82. The summed E-state index contributed by atoms with van der Waals surface area (Å²) >= 11 is 5.68. The van der Waals surface area contributed by atoms with E-state index in [1.165, 1.54) is 22.8 Å². The SMILES string of the molecule is O=C(O)c1cc2cc(Cc3ccc(Cl)cc3C(F)(F)F)n(CCF)c2cc1F. The number of rotatable bonds is 5. The molecule has 148 valence electrons. The minimum Gasteiger partial charge on any atom is -0.478 e. The maximum absolute atomic E-state index is 14.0. The molecule has 0 radical (unpaired) electrons. The van der Waals surface area contributed by atoms with Crippen LogP contribution in [0.3, 0.4) is 0 Å². The molecule has 2 aromatic carbocycles. The predicted molar refractivity (Wildman–Crippen MR) is 94.1 cm³/mol. The molecule has 0 saturated heterocycles. The Labute approximate surface area is 161 Å². The van der Waals surface area contributed by atoms with E-state index in [2.05, 4.69) is 0 Å². The average Bonchev–Trinajstić information content (AvgIpc) is 2.92. The summed E-state index contributed by atoms with van der Waals surface area (Å²) in [5.74, 6) is -2.48. The van der Waals surface area contributed by atoms with Gasteiger partial charge in [0.05, 0.1) is 23.2 Å². The molecule has 0 unspecified atom stereocenters. The number of halogens is 6. The molecule has 3 nitrogen and oxygen atoms in total. The summed E-state index contributed by atoms with van der Waals surface area (Å²) in [6.45, 7) is -1.04. The average molecular weight is 418 g/mol. The van der Waals surface area contributed by atoms with Crippen molar-refractivity contribution >= 4 is 28.5 Å². The van der Waals surface area contributed by atoms with Gasteiger partial charge in [-0.25, -0.2) is 13.6 Å². The van der Waals surface area contributed by atoms with E-state index >= 15 is 0 Å². The van der Waals surface area contributed by atoms with E-state index in [9.17, 15) is 26.7 Å². The van der Waals surface area contributed by atoms with Gasteiger partial charge in [0, 0.05) is 22.5 Å². The fraction of sp³-hybridized carbons (Fsp3) is 0.211. The first-order valence-corrected chi connectivity index (χ1v) is 8.46. The van der Waals surface area contributed by atoms with Crippen molar-refractivity contribution in [3.8, 4) is 0 Å². The predicted octanol–water partition coefficient (Wildman–Crippen LogP) is 5.71. The van der Waals surface area contributed by atoms with Gasteiger partial charge in [0.2, 0.25) is 0 Å². The number of fused-ring (bicyclic) bond motifs is 1. The number of alkyl halides is 4. The summed E-state index contributed by atoms with van der Waals surface area (Å²) in [6.07, 6.45) is -4.86. The first kappa shape index (κ1) is 20.1. The molecule has 1 heterocycles. The van der Waals surface area contributed by atoms with Crippen molar-refractivity contribution in [2.24, 2.45) is 0 Å². The van der Waals surface area contributed by atoms with Crippen LogP contribution in [0.15, 0.2) is 36.4 Å². The number of carbonyl (C=O) groups is 1. The van der Waals surface area contributed by atoms with E-state index in [0.29, 0.717) is 11.1 Å². The monoisotopic (exact) mass is 417 g/mol. The maximum atomic E-state index is 14.0. The van der Waals surface area contributed by atoms with Crippen LogP contribution in [0.4, 0.5) is 22.0 Å². The molecule has 1 aromatic heterocycles.